The van der Waals surface area contributed by atoms with Crippen LogP contribution in [0.2, 0.25) is 5.02 Å². The summed E-state index contributed by atoms with van der Waals surface area (Å²) in [6.07, 6.45) is 8.69. The number of likely N-dealkylation sites (tertiary alicyclic amines) is 1. The van der Waals surface area contributed by atoms with Crippen LogP contribution in [0.25, 0.3) is 22.4 Å². The van der Waals surface area contributed by atoms with E-state index in [0.717, 1.165) is 92.1 Å². The molecule has 602 valence electrons. The highest BCUT2D eigenvalue weighted by molar-refractivity contribution is 7.99. The van der Waals surface area contributed by atoms with E-state index in [0.29, 0.717) is 160 Å². The van der Waals surface area contributed by atoms with Gasteiger partial charge in [-0.15, -0.1) is 11.8 Å². The molecule has 6 aromatic carbocycles. The van der Waals surface area contributed by atoms with Crippen LogP contribution in [0.15, 0.2) is 165 Å². The number of carbonyl (C=O) groups is 4. The Labute approximate surface area is 667 Å². The summed E-state index contributed by atoms with van der Waals surface area (Å²) in [4.78, 5) is 59.9. The van der Waals surface area contributed by atoms with Crippen LogP contribution >= 0.6 is 23.4 Å². The van der Waals surface area contributed by atoms with Gasteiger partial charge in [-0.05, 0) is 200 Å². The normalized spacial score (nSPS) is 16.3. The van der Waals surface area contributed by atoms with Gasteiger partial charge in [0, 0.05) is 138 Å². The molecule has 0 aliphatic carbocycles. The number of carbonyl (C=O) groups excluding carboxylic acids is 4. The maximum absolute atomic E-state index is 15.9. The Morgan fingerprint density at radius 1 is 0.688 bits per heavy atom. The van der Waals surface area contributed by atoms with E-state index in [-0.39, 0.29) is 55.9 Å². The van der Waals surface area contributed by atoms with E-state index < -0.39 is 59.3 Å². The molecular weight excluding hydrogens is 1530 g/mol. The third kappa shape index (κ3) is 22.6. The number of piperazine rings is 1. The van der Waals surface area contributed by atoms with E-state index in [9.17, 15) is 44.4 Å². The molecule has 112 heavy (non-hydrogen) atoms. The summed E-state index contributed by atoms with van der Waals surface area (Å²) in [7, 11) is -12.0. The third-order valence-corrected chi connectivity index (χ3v) is 25.7. The van der Waals surface area contributed by atoms with Crippen molar-refractivity contribution in [3.63, 3.8) is 0 Å². The zero-order valence-electron chi connectivity index (χ0n) is 64.2. The molecule has 0 spiro atoms. The van der Waals surface area contributed by atoms with E-state index in [2.05, 4.69) is 52.6 Å². The van der Waals surface area contributed by atoms with Crippen molar-refractivity contribution >= 4 is 105 Å². The zero-order chi connectivity index (χ0) is 79.7. The fourth-order valence-electron chi connectivity index (χ4n) is 14.8. The van der Waals surface area contributed by atoms with Crippen molar-refractivity contribution in [1.29, 1.82) is 0 Å². The fourth-order valence-corrected chi connectivity index (χ4v) is 19.2. The van der Waals surface area contributed by atoms with Crippen LogP contribution in [0.1, 0.15) is 104 Å². The number of unbranched alkanes of at least 4 members (excludes halogenated alkanes) is 2. The first kappa shape index (κ1) is 84.7. The number of imide groups is 1. The molecule has 11 rings (SSSR count). The number of aromatic nitrogens is 1. The highest BCUT2D eigenvalue weighted by Gasteiger charge is 2.44. The lowest BCUT2D eigenvalue weighted by atomic mass is 9.99. The summed E-state index contributed by atoms with van der Waals surface area (Å²) in [6, 6.07) is 37.0. The number of halogens is 2. The maximum Gasteiger partial charge on any atom is 0.262 e. The molecule has 2 atom stereocenters. The number of allylic oxidation sites excluding steroid dienone is 1. The number of anilines is 5. The quantitative estimate of drug-likeness (QED) is 0.0118. The van der Waals surface area contributed by atoms with Crippen LogP contribution in [0.5, 0.6) is 0 Å². The first-order valence-electron chi connectivity index (χ1n) is 38.3. The second-order valence-electron chi connectivity index (χ2n) is 29.1. The van der Waals surface area contributed by atoms with Crippen molar-refractivity contribution in [1.82, 2.24) is 30.3 Å². The molecule has 3 saturated heterocycles. The molecule has 0 bridgehead atoms. The summed E-state index contributed by atoms with van der Waals surface area (Å²) in [6.45, 7) is 19.5. The summed E-state index contributed by atoms with van der Waals surface area (Å²) in [5.41, 5.74) is 6.45. The summed E-state index contributed by atoms with van der Waals surface area (Å²) >= 11 is 7.96. The lowest BCUT2D eigenvalue weighted by Gasteiger charge is -2.37. The SMILES string of the molecule is C=C1CCC(N2C(=O)c3ccc(NCC(=O)CCCCCNCCOCCOCCOCCNC4CCN(CC[C@H](CSc5ccccc5)Nc5ccc(S(=O)(=O)Nc6ccc(N7CCN(c8cc(F)cc(-c9c(S(C)(=O)=O)c(C)n(C(C)C)c9-c9ccc(Cl)cc9)c8)CC7)cc6)cc5S(C)(=O)=O)CC4)cc3C2=O)C(=O)N1. The fraction of sp³-hybridized carbons (Fsp3) is 0.439. The van der Waals surface area contributed by atoms with Crippen LogP contribution < -0.4 is 41.1 Å². The van der Waals surface area contributed by atoms with Crippen LogP contribution in [-0.4, -0.2) is 211 Å². The largest absolute Gasteiger partial charge is 0.380 e. The van der Waals surface area contributed by atoms with Gasteiger partial charge < -0.3 is 60.1 Å². The van der Waals surface area contributed by atoms with Crippen molar-refractivity contribution in [2.75, 3.05) is 155 Å². The Bertz CT molecular complexity index is 4810. The van der Waals surface area contributed by atoms with Crippen molar-refractivity contribution < 1.29 is 63.0 Å². The van der Waals surface area contributed by atoms with Gasteiger partial charge in [0.05, 0.1) is 83.4 Å². The average molecular weight is 1630 g/mol. The third-order valence-electron chi connectivity index (χ3n) is 20.5. The molecule has 4 aliphatic heterocycles. The molecule has 5 heterocycles. The second-order valence-corrected chi connectivity index (χ2v) is 36.3. The molecule has 30 heteroatoms. The van der Waals surface area contributed by atoms with Crippen LogP contribution in [0.3, 0.4) is 0 Å². The molecule has 6 N–H and O–H groups in total. The van der Waals surface area contributed by atoms with Gasteiger partial charge in [-0.2, -0.15) is 0 Å². The number of nitrogens with one attached hydrogen (secondary N) is 6. The highest BCUT2D eigenvalue weighted by Crippen LogP contribution is 2.45. The number of hydrogen-bond donors (Lipinski definition) is 6. The Morgan fingerprint density at radius 2 is 1.35 bits per heavy atom. The maximum atomic E-state index is 15.9. The average Bonchev–Trinajstić information content (AvgIpc) is 1.65. The Hall–Kier alpha value is -8.20. The van der Waals surface area contributed by atoms with E-state index in [1.807, 2.05) is 79.1 Å². The number of sulfonamides is 1. The zero-order valence-corrected chi connectivity index (χ0v) is 68.3. The molecular formula is C82H103ClFN11O13S4. The minimum atomic E-state index is -4.27. The van der Waals surface area contributed by atoms with E-state index in [4.69, 9.17) is 25.8 Å². The van der Waals surface area contributed by atoms with Gasteiger partial charge in [0.2, 0.25) is 5.91 Å². The number of piperidine rings is 2. The Kier molecular flexibility index (Phi) is 29.7. The molecule has 0 saturated carbocycles. The number of Topliss-reactive ketones (excluding diaryl/α,β-unsaturated/α-hetero) is 1. The van der Waals surface area contributed by atoms with Gasteiger partial charge in [0.1, 0.15) is 11.9 Å². The van der Waals surface area contributed by atoms with Crippen molar-refractivity contribution in [2.45, 2.75) is 122 Å². The second kappa shape index (κ2) is 39.2. The van der Waals surface area contributed by atoms with E-state index in [1.54, 1.807) is 61.2 Å². The van der Waals surface area contributed by atoms with Gasteiger partial charge >= 0.3 is 0 Å². The molecule has 3 amide bonds. The van der Waals surface area contributed by atoms with Crippen molar-refractivity contribution in [3.05, 3.63) is 173 Å². The predicted octanol–water partition coefficient (Wildman–Crippen LogP) is 11.7. The van der Waals surface area contributed by atoms with Gasteiger partial charge in [-0.3, -0.25) is 28.8 Å². The number of amides is 3. The molecule has 7 aromatic rings. The number of thioether (sulfide) groups is 1. The van der Waals surface area contributed by atoms with Gasteiger partial charge in [0.15, 0.2) is 25.5 Å². The number of hydrogen-bond acceptors (Lipinski definition) is 21. The Morgan fingerprint density at radius 3 is 2.02 bits per heavy atom. The summed E-state index contributed by atoms with van der Waals surface area (Å²) in [5.74, 6) is -1.27. The van der Waals surface area contributed by atoms with Crippen LogP contribution in [0, 0.1) is 12.7 Å². The lowest BCUT2D eigenvalue weighted by Crippen LogP contribution is -2.51. The number of nitrogens with zero attached hydrogens (tertiary/aromatic N) is 5. The van der Waals surface area contributed by atoms with Crippen LogP contribution in [0.4, 0.5) is 32.8 Å². The first-order valence-corrected chi connectivity index (χ1v) is 44.9. The monoisotopic (exact) mass is 1630 g/mol. The van der Waals surface area contributed by atoms with Gasteiger partial charge in [-0.25, -0.2) is 29.6 Å². The summed E-state index contributed by atoms with van der Waals surface area (Å²) in [5, 5.41) is 16.8. The molecule has 1 unspecified atom stereocenters. The number of ketones is 1. The number of fused-ring (bicyclic) bond motifs is 1. The van der Waals surface area contributed by atoms with Crippen LogP contribution in [-0.2, 0) is 53.5 Å². The number of benzene rings is 6. The highest BCUT2D eigenvalue weighted by atomic mass is 35.5. The van der Waals surface area contributed by atoms with E-state index >= 15 is 4.39 Å². The standard InChI is InChI=1S/C82H103ClFN11O13S4/c1-56(2)94-58(4)79(111(6,102)103)77(78(94)59-17-19-61(83)20-18-59)60-49-62(84)51-68(50-60)93-41-39-92(40-42-93)67-24-21-64(22-25-67)90-112(104,105)71-26-28-74(76(53-71)110(5,100)101)89-66(55-109-70-14-10-7-11-15-70)32-38-91-36-30-63(31-37-91)86-35-44-107-46-48-108-47-45-106-43-34-85-33-12-8-9-13-69(96)54-87-65-23-27-72-73(52-65)82(99)95(81(72)98)75-29-16-57(3)88-80(75)97/h7,10-11,14-15,17-28,49-53,56,63,66,75,85-87,89-90H,3,8-9,12-13,16,29-48,54-55H2,1-2,4-6H3,(H,88,97)/t66-,75?/m1/s1. The smallest absolute Gasteiger partial charge is 0.262 e. The molecule has 24 nitrogen and oxygen atoms in total. The van der Waals surface area contributed by atoms with Crippen molar-refractivity contribution in [2.24, 2.45) is 0 Å². The topological polar surface area (TPSA) is 288 Å². The van der Waals surface area contributed by atoms with E-state index in [1.165, 1.54) is 36.6 Å². The number of sulfone groups is 2. The minimum absolute atomic E-state index is 0.0437. The predicted molar refractivity (Wildman–Crippen MR) is 441 cm³/mol. The molecule has 1 aromatic heterocycles. The number of ether oxygens (including phenoxy) is 3. The first-order chi connectivity index (χ1) is 53.7. The van der Waals surface area contributed by atoms with Gasteiger partial charge in [-0.1, -0.05) is 54.9 Å². The molecule has 0 radical (unpaired) electrons. The molecule has 4 aliphatic rings. The minimum Gasteiger partial charge on any atom is -0.380 e. The molecule has 3 fully saturated rings. The summed E-state index contributed by atoms with van der Waals surface area (Å²) < 4.78 is 120. The Balaban J connectivity index is 0.558. The number of rotatable bonds is 41. The van der Waals surface area contributed by atoms with Gasteiger partial charge in [0.25, 0.3) is 21.8 Å². The lowest BCUT2D eigenvalue weighted by molar-refractivity contribution is -0.125. The van der Waals surface area contributed by atoms with Crippen molar-refractivity contribution in [3.8, 4) is 22.4 Å².